The number of aliphatic imine (C=N–C) groups is 1. The molecular weight excluding hydrogens is 324 g/mol. The molecule has 1 saturated carbocycles. The van der Waals surface area contributed by atoms with Gasteiger partial charge in [-0.15, -0.1) is 0 Å². The van der Waals surface area contributed by atoms with Gasteiger partial charge in [0.2, 0.25) is 5.91 Å². The van der Waals surface area contributed by atoms with E-state index >= 15 is 0 Å². The van der Waals surface area contributed by atoms with Gasteiger partial charge in [-0.25, -0.2) is 0 Å². The van der Waals surface area contributed by atoms with E-state index in [9.17, 15) is 9.59 Å². The van der Waals surface area contributed by atoms with Gasteiger partial charge in [-0.2, -0.15) is 0 Å². The fraction of sp³-hybridized carbons (Fsp3) is 0.412. The van der Waals surface area contributed by atoms with Crippen LogP contribution in [-0.4, -0.2) is 35.2 Å². The third kappa shape index (κ3) is 3.37. The fourth-order valence-electron chi connectivity index (χ4n) is 3.12. The molecule has 1 saturated heterocycles. The van der Waals surface area contributed by atoms with Crippen molar-refractivity contribution in [2.24, 2.45) is 10.9 Å². The molecule has 4 N–H and O–H groups in total. The second kappa shape index (κ2) is 7.19. The van der Waals surface area contributed by atoms with Gasteiger partial charge < -0.3 is 11.1 Å². The number of para-hydroxylation sites is 1. The van der Waals surface area contributed by atoms with E-state index in [1.807, 2.05) is 18.2 Å². The van der Waals surface area contributed by atoms with Crippen molar-refractivity contribution in [3.05, 3.63) is 30.3 Å². The molecule has 126 valence electrons. The third-order valence-electron chi connectivity index (χ3n) is 4.51. The minimum Gasteiger partial charge on any atom is -0.353 e. The van der Waals surface area contributed by atoms with Crippen LogP contribution in [0.5, 0.6) is 0 Å². The lowest BCUT2D eigenvalue weighted by Gasteiger charge is -2.31. The molecule has 1 aromatic carbocycles. The van der Waals surface area contributed by atoms with E-state index in [1.54, 1.807) is 12.1 Å². The molecule has 0 aromatic heterocycles. The second-order valence-electron chi connectivity index (χ2n) is 6.19. The summed E-state index contributed by atoms with van der Waals surface area (Å²) >= 11 is 5.16. The standard InChI is InChI=1S/C17H20N4O2S/c18-13-8-4-5-9-14(13)19-10-12-15(22)20-17(24)21(16(12)23)11-6-2-1-3-7-11/h1-3,6-7,10,12-14H,4-5,8-9,18H2,(H,20,22,24)/p+1/t12-,13+,14-/m1/s1. The van der Waals surface area contributed by atoms with Gasteiger partial charge >= 0.3 is 0 Å². The number of quaternary nitrogens is 1. The zero-order valence-corrected chi connectivity index (χ0v) is 14.2. The van der Waals surface area contributed by atoms with Gasteiger partial charge in [0.1, 0.15) is 12.1 Å². The Morgan fingerprint density at radius 3 is 2.62 bits per heavy atom. The fourth-order valence-corrected chi connectivity index (χ4v) is 3.42. The van der Waals surface area contributed by atoms with Crippen LogP contribution >= 0.6 is 12.2 Å². The average molecular weight is 345 g/mol. The third-order valence-corrected chi connectivity index (χ3v) is 4.80. The van der Waals surface area contributed by atoms with Crippen LogP contribution in [0.25, 0.3) is 0 Å². The maximum atomic E-state index is 12.8. The van der Waals surface area contributed by atoms with Crippen molar-refractivity contribution in [3.8, 4) is 0 Å². The molecule has 7 heteroatoms. The molecule has 6 nitrogen and oxygen atoms in total. The first kappa shape index (κ1) is 16.7. The number of nitrogens with zero attached hydrogens (tertiary/aromatic N) is 2. The zero-order chi connectivity index (χ0) is 17.1. The van der Waals surface area contributed by atoms with Crippen molar-refractivity contribution in [2.45, 2.75) is 37.8 Å². The summed E-state index contributed by atoms with van der Waals surface area (Å²) in [7, 11) is 0. The molecule has 1 aliphatic carbocycles. The molecule has 0 spiro atoms. The van der Waals surface area contributed by atoms with E-state index in [1.165, 1.54) is 17.5 Å². The lowest BCUT2D eigenvalue weighted by Crippen LogP contribution is -2.66. The van der Waals surface area contributed by atoms with Crippen molar-refractivity contribution >= 4 is 41.0 Å². The Labute approximate surface area is 146 Å². The lowest BCUT2D eigenvalue weighted by atomic mass is 9.91. The molecule has 0 bridgehead atoms. The number of hydrogen-bond acceptors (Lipinski definition) is 4. The summed E-state index contributed by atoms with van der Waals surface area (Å²) in [5, 5.41) is 2.70. The maximum Gasteiger partial charge on any atom is 0.251 e. The summed E-state index contributed by atoms with van der Waals surface area (Å²) in [6, 6.07) is 9.38. The Bertz CT molecular complexity index is 676. The van der Waals surface area contributed by atoms with Crippen molar-refractivity contribution in [3.63, 3.8) is 0 Å². The van der Waals surface area contributed by atoms with Gasteiger partial charge in [0, 0.05) is 12.6 Å². The predicted molar refractivity (Wildman–Crippen MR) is 95.6 cm³/mol. The highest BCUT2D eigenvalue weighted by atomic mass is 32.1. The quantitative estimate of drug-likeness (QED) is 0.479. The molecule has 2 amide bonds. The van der Waals surface area contributed by atoms with Crippen molar-refractivity contribution in [1.82, 2.24) is 5.32 Å². The zero-order valence-electron chi connectivity index (χ0n) is 13.4. The molecule has 3 rings (SSSR count). The summed E-state index contributed by atoms with van der Waals surface area (Å²) in [4.78, 5) is 30.8. The SMILES string of the molecule is [NH3+][C@H]1CCCC[C@H]1N=C[C@@H]1C(=O)NC(=S)N(c2ccccc2)C1=O. The molecule has 2 aliphatic rings. The Balaban J connectivity index is 1.80. The molecule has 1 heterocycles. The van der Waals surface area contributed by atoms with E-state index in [2.05, 4.69) is 16.0 Å². The van der Waals surface area contributed by atoms with Crippen LogP contribution in [-0.2, 0) is 9.59 Å². The van der Waals surface area contributed by atoms with Crippen LogP contribution in [0.3, 0.4) is 0 Å². The molecule has 0 unspecified atom stereocenters. The molecule has 1 aromatic rings. The molecule has 1 aliphatic heterocycles. The Kier molecular flexibility index (Phi) is 5.01. The monoisotopic (exact) mass is 345 g/mol. The first-order valence-electron chi connectivity index (χ1n) is 8.18. The number of carbonyl (C=O) groups is 2. The van der Waals surface area contributed by atoms with Crippen molar-refractivity contribution in [1.29, 1.82) is 0 Å². The molecule has 2 fully saturated rings. The smallest absolute Gasteiger partial charge is 0.251 e. The molecular formula is C17H21N4O2S+. The summed E-state index contributed by atoms with van der Waals surface area (Å²) in [5.74, 6) is -1.74. The lowest BCUT2D eigenvalue weighted by molar-refractivity contribution is -0.428. The van der Waals surface area contributed by atoms with Crippen LogP contribution in [0.15, 0.2) is 35.3 Å². The number of rotatable bonds is 3. The van der Waals surface area contributed by atoms with E-state index in [0.29, 0.717) is 5.69 Å². The summed E-state index contributed by atoms with van der Waals surface area (Å²) in [6.45, 7) is 0. The van der Waals surface area contributed by atoms with Crippen LogP contribution in [0.4, 0.5) is 5.69 Å². The largest absolute Gasteiger partial charge is 0.353 e. The number of nitrogens with one attached hydrogen (secondary N) is 1. The minimum atomic E-state index is -0.953. The van der Waals surface area contributed by atoms with E-state index < -0.39 is 11.8 Å². The number of amides is 2. The minimum absolute atomic E-state index is 0.0819. The number of thiocarbonyl (C=S) groups is 1. The van der Waals surface area contributed by atoms with Gasteiger partial charge in [-0.3, -0.25) is 19.5 Å². The summed E-state index contributed by atoms with van der Waals surface area (Å²) < 4.78 is 0. The Morgan fingerprint density at radius 1 is 1.21 bits per heavy atom. The highest BCUT2D eigenvalue weighted by Crippen LogP contribution is 2.21. The van der Waals surface area contributed by atoms with Crippen LogP contribution in [0, 0.1) is 5.92 Å². The number of carbonyl (C=O) groups excluding carboxylic acids is 2. The van der Waals surface area contributed by atoms with Gasteiger partial charge in [-0.05, 0) is 37.2 Å². The first-order valence-corrected chi connectivity index (χ1v) is 8.59. The summed E-state index contributed by atoms with van der Waals surface area (Å²) in [6.07, 6.45) is 5.74. The van der Waals surface area contributed by atoms with E-state index in [-0.39, 0.29) is 23.1 Å². The van der Waals surface area contributed by atoms with Crippen LogP contribution < -0.4 is 16.0 Å². The first-order chi connectivity index (χ1) is 11.6. The molecule has 0 radical (unpaired) electrons. The average Bonchev–Trinajstić information content (AvgIpc) is 2.57. The maximum absolute atomic E-state index is 12.8. The second-order valence-corrected chi connectivity index (χ2v) is 6.58. The van der Waals surface area contributed by atoms with Gasteiger partial charge in [0.15, 0.2) is 11.0 Å². The highest BCUT2D eigenvalue weighted by molar-refractivity contribution is 7.80. The topological polar surface area (TPSA) is 89.4 Å². The van der Waals surface area contributed by atoms with Crippen LogP contribution in [0.2, 0.25) is 0 Å². The van der Waals surface area contributed by atoms with Gasteiger partial charge in [-0.1, -0.05) is 24.6 Å². The van der Waals surface area contributed by atoms with Gasteiger partial charge in [0.05, 0.1) is 5.69 Å². The van der Waals surface area contributed by atoms with Gasteiger partial charge in [0.25, 0.3) is 5.91 Å². The van der Waals surface area contributed by atoms with Crippen molar-refractivity contribution in [2.75, 3.05) is 4.90 Å². The Morgan fingerprint density at radius 2 is 1.92 bits per heavy atom. The number of benzene rings is 1. The normalized spacial score (nSPS) is 28.3. The molecule has 3 atom stereocenters. The number of anilines is 1. The van der Waals surface area contributed by atoms with Crippen LogP contribution in [0.1, 0.15) is 25.7 Å². The Hall–Kier alpha value is -2.12. The summed E-state index contributed by atoms with van der Waals surface area (Å²) in [5.41, 5.74) is 4.76. The predicted octanol–water partition coefficient (Wildman–Crippen LogP) is 0.674. The van der Waals surface area contributed by atoms with E-state index in [4.69, 9.17) is 12.2 Å². The number of hydrogen-bond donors (Lipinski definition) is 2. The molecule has 24 heavy (non-hydrogen) atoms. The van der Waals surface area contributed by atoms with E-state index in [0.717, 1.165) is 19.3 Å². The van der Waals surface area contributed by atoms with Crippen molar-refractivity contribution < 1.29 is 15.3 Å². The highest BCUT2D eigenvalue weighted by Gasteiger charge is 2.38.